The minimum atomic E-state index is 0.781. The summed E-state index contributed by atoms with van der Waals surface area (Å²) in [7, 11) is 0. The predicted molar refractivity (Wildman–Crippen MR) is 85.4 cm³/mol. The molecule has 2 heterocycles. The Bertz CT molecular complexity index is 602. The van der Waals surface area contributed by atoms with E-state index in [1.807, 2.05) is 12.1 Å². The third-order valence-corrected chi connectivity index (χ3v) is 4.13. The van der Waals surface area contributed by atoms with Gasteiger partial charge in [-0.25, -0.2) is 4.98 Å². The summed E-state index contributed by atoms with van der Waals surface area (Å²) in [5, 5.41) is 0. The Morgan fingerprint density at radius 1 is 1.24 bits per heavy atom. The Balaban J connectivity index is 1.70. The van der Waals surface area contributed by atoms with Gasteiger partial charge in [0.1, 0.15) is 5.82 Å². The number of morpholine rings is 1. The monoisotopic (exact) mass is 288 g/mol. The van der Waals surface area contributed by atoms with Gasteiger partial charge < -0.3 is 15.0 Å². The molecule has 1 saturated heterocycles. The van der Waals surface area contributed by atoms with Crippen molar-refractivity contribution in [3.63, 3.8) is 0 Å². The topological polar surface area (TPSA) is 56.3 Å². The number of benzene rings is 1. The second kappa shape index (κ2) is 6.45. The molecule has 3 rings (SSSR count). The smallest absolute Gasteiger partial charge is 0.109 e. The fourth-order valence-electron chi connectivity index (χ4n) is 2.99. The molecule has 1 aromatic carbocycles. The molecule has 2 aromatic rings. The number of anilines is 1. The van der Waals surface area contributed by atoms with E-state index in [-0.39, 0.29) is 0 Å². The molecule has 2 N–H and O–H groups in total. The van der Waals surface area contributed by atoms with E-state index in [0.717, 1.165) is 69.3 Å². The molecule has 0 aliphatic carbocycles. The summed E-state index contributed by atoms with van der Waals surface area (Å²) in [6.45, 7) is 8.15. The second-order valence-electron chi connectivity index (χ2n) is 5.59. The van der Waals surface area contributed by atoms with Gasteiger partial charge in [0, 0.05) is 38.3 Å². The zero-order chi connectivity index (χ0) is 14.7. The van der Waals surface area contributed by atoms with Crippen LogP contribution in [-0.2, 0) is 17.7 Å². The molecule has 0 saturated carbocycles. The van der Waals surface area contributed by atoms with Crippen LogP contribution in [-0.4, -0.2) is 47.3 Å². The zero-order valence-electron chi connectivity index (χ0n) is 12.7. The molecule has 114 valence electrons. The molecule has 1 aliphatic heterocycles. The molecular weight excluding hydrogens is 264 g/mol. The minimum absolute atomic E-state index is 0.781. The highest BCUT2D eigenvalue weighted by Crippen LogP contribution is 2.20. The number of nitrogen functional groups attached to an aromatic ring is 1. The van der Waals surface area contributed by atoms with Gasteiger partial charge in [0.2, 0.25) is 0 Å². The fraction of sp³-hybridized carbons (Fsp3) is 0.562. The number of rotatable bonds is 5. The number of aryl methyl sites for hydroxylation is 2. The molecule has 0 atom stereocenters. The molecule has 0 unspecified atom stereocenters. The van der Waals surface area contributed by atoms with E-state index in [0.29, 0.717) is 0 Å². The molecule has 0 bridgehead atoms. The first-order valence-corrected chi connectivity index (χ1v) is 7.82. The lowest BCUT2D eigenvalue weighted by Crippen LogP contribution is -2.37. The molecule has 0 amide bonds. The number of hydrogen-bond acceptors (Lipinski definition) is 4. The molecule has 5 nitrogen and oxygen atoms in total. The lowest BCUT2D eigenvalue weighted by atomic mass is 10.2. The van der Waals surface area contributed by atoms with Crippen LogP contribution in [0, 0.1) is 0 Å². The van der Waals surface area contributed by atoms with Crippen molar-refractivity contribution in [1.82, 2.24) is 14.5 Å². The standard InChI is InChI=1S/C16H24N4O/c1-2-16-18-14-12-13(17)4-5-15(14)20(16)7-3-6-19-8-10-21-11-9-19/h4-5,12H,2-3,6-11,17H2,1H3. The van der Waals surface area contributed by atoms with Crippen LogP contribution in [0.1, 0.15) is 19.2 Å². The number of fused-ring (bicyclic) bond motifs is 1. The van der Waals surface area contributed by atoms with Crippen LogP contribution >= 0.6 is 0 Å². The molecule has 21 heavy (non-hydrogen) atoms. The van der Waals surface area contributed by atoms with Crippen LogP contribution in [0.3, 0.4) is 0 Å². The van der Waals surface area contributed by atoms with Gasteiger partial charge in [-0.3, -0.25) is 4.90 Å². The molecule has 1 fully saturated rings. The van der Waals surface area contributed by atoms with Crippen molar-refractivity contribution >= 4 is 16.7 Å². The van der Waals surface area contributed by atoms with Crippen molar-refractivity contribution in [2.24, 2.45) is 0 Å². The fourth-order valence-corrected chi connectivity index (χ4v) is 2.99. The minimum Gasteiger partial charge on any atom is -0.399 e. The summed E-state index contributed by atoms with van der Waals surface area (Å²) in [5.41, 5.74) is 8.84. The molecule has 5 heteroatoms. The van der Waals surface area contributed by atoms with E-state index in [2.05, 4.69) is 22.5 Å². The van der Waals surface area contributed by atoms with Gasteiger partial charge in [0.15, 0.2) is 0 Å². The maximum absolute atomic E-state index is 5.85. The Morgan fingerprint density at radius 3 is 2.81 bits per heavy atom. The van der Waals surface area contributed by atoms with Crippen LogP contribution in [0.5, 0.6) is 0 Å². The first kappa shape index (κ1) is 14.4. The zero-order valence-corrected chi connectivity index (χ0v) is 12.7. The summed E-state index contributed by atoms with van der Waals surface area (Å²) in [6.07, 6.45) is 2.09. The van der Waals surface area contributed by atoms with Crippen molar-refractivity contribution in [2.45, 2.75) is 26.3 Å². The van der Waals surface area contributed by atoms with E-state index in [1.165, 1.54) is 5.52 Å². The van der Waals surface area contributed by atoms with Gasteiger partial charge in [-0.1, -0.05) is 6.92 Å². The SMILES string of the molecule is CCc1nc2cc(N)ccc2n1CCCN1CCOCC1. The third-order valence-electron chi connectivity index (χ3n) is 4.13. The van der Waals surface area contributed by atoms with Crippen LogP contribution in [0.25, 0.3) is 11.0 Å². The number of nitrogens with two attached hydrogens (primary N) is 1. The van der Waals surface area contributed by atoms with Crippen molar-refractivity contribution in [3.05, 3.63) is 24.0 Å². The number of aromatic nitrogens is 2. The highest BCUT2D eigenvalue weighted by Gasteiger charge is 2.12. The summed E-state index contributed by atoms with van der Waals surface area (Å²) in [4.78, 5) is 7.19. The Labute approximate surface area is 125 Å². The van der Waals surface area contributed by atoms with Crippen molar-refractivity contribution < 1.29 is 4.74 Å². The van der Waals surface area contributed by atoms with Gasteiger partial charge in [-0.15, -0.1) is 0 Å². The molecule has 1 aliphatic rings. The Kier molecular flexibility index (Phi) is 4.41. The third kappa shape index (κ3) is 3.19. The predicted octanol–water partition coefficient (Wildman–Crippen LogP) is 1.90. The average Bonchev–Trinajstić information content (AvgIpc) is 2.85. The van der Waals surface area contributed by atoms with E-state index in [1.54, 1.807) is 0 Å². The van der Waals surface area contributed by atoms with Crippen molar-refractivity contribution in [3.8, 4) is 0 Å². The van der Waals surface area contributed by atoms with Gasteiger partial charge in [0.05, 0.1) is 24.2 Å². The lowest BCUT2D eigenvalue weighted by Gasteiger charge is -2.26. The molecular formula is C16H24N4O. The Morgan fingerprint density at radius 2 is 2.05 bits per heavy atom. The van der Waals surface area contributed by atoms with Crippen molar-refractivity contribution in [1.29, 1.82) is 0 Å². The van der Waals surface area contributed by atoms with Crippen LogP contribution in [0.4, 0.5) is 5.69 Å². The summed E-state index contributed by atoms with van der Waals surface area (Å²) >= 11 is 0. The van der Waals surface area contributed by atoms with Gasteiger partial charge in [-0.2, -0.15) is 0 Å². The normalized spacial score (nSPS) is 16.6. The largest absolute Gasteiger partial charge is 0.399 e. The van der Waals surface area contributed by atoms with Crippen LogP contribution in [0.15, 0.2) is 18.2 Å². The van der Waals surface area contributed by atoms with E-state index in [4.69, 9.17) is 15.5 Å². The van der Waals surface area contributed by atoms with E-state index < -0.39 is 0 Å². The summed E-state index contributed by atoms with van der Waals surface area (Å²) in [6, 6.07) is 6.01. The summed E-state index contributed by atoms with van der Waals surface area (Å²) < 4.78 is 7.73. The molecule has 0 spiro atoms. The average molecular weight is 288 g/mol. The molecule has 0 radical (unpaired) electrons. The van der Waals surface area contributed by atoms with Gasteiger partial charge >= 0.3 is 0 Å². The summed E-state index contributed by atoms with van der Waals surface area (Å²) in [5.74, 6) is 1.15. The van der Waals surface area contributed by atoms with Crippen molar-refractivity contribution in [2.75, 3.05) is 38.6 Å². The van der Waals surface area contributed by atoms with Gasteiger partial charge in [-0.05, 0) is 24.6 Å². The van der Waals surface area contributed by atoms with Crippen LogP contribution in [0.2, 0.25) is 0 Å². The first-order valence-electron chi connectivity index (χ1n) is 7.82. The maximum Gasteiger partial charge on any atom is 0.109 e. The second-order valence-corrected chi connectivity index (χ2v) is 5.59. The number of imidazole rings is 1. The number of hydrogen-bond donors (Lipinski definition) is 1. The lowest BCUT2D eigenvalue weighted by molar-refractivity contribution is 0.0369. The van der Waals surface area contributed by atoms with E-state index in [9.17, 15) is 0 Å². The quantitative estimate of drug-likeness (QED) is 0.854. The van der Waals surface area contributed by atoms with Crippen LogP contribution < -0.4 is 5.73 Å². The number of ether oxygens (including phenoxy) is 1. The van der Waals surface area contributed by atoms with Gasteiger partial charge in [0.25, 0.3) is 0 Å². The maximum atomic E-state index is 5.85. The van der Waals surface area contributed by atoms with E-state index >= 15 is 0 Å². The highest BCUT2D eigenvalue weighted by molar-refractivity contribution is 5.79. The number of nitrogens with zero attached hydrogens (tertiary/aromatic N) is 3. The first-order chi connectivity index (χ1) is 10.3. The highest BCUT2D eigenvalue weighted by atomic mass is 16.5. The molecule has 1 aromatic heterocycles. The Hall–Kier alpha value is -1.59.